The normalized spacial score (nSPS) is 18.6. The van der Waals surface area contributed by atoms with Crippen LogP contribution in [0.2, 0.25) is 0 Å². The molecule has 92 valence electrons. The van der Waals surface area contributed by atoms with Gasteiger partial charge in [0.05, 0.1) is 7.11 Å². The number of ether oxygens (including phenoxy) is 2. The molecule has 1 aliphatic heterocycles. The van der Waals surface area contributed by atoms with Crippen LogP contribution in [0.4, 0.5) is 0 Å². The summed E-state index contributed by atoms with van der Waals surface area (Å²) in [6.07, 6.45) is 1.79. The van der Waals surface area contributed by atoms with Crippen LogP contribution < -0.4 is 15.8 Å². The molecule has 0 radical (unpaired) electrons. The van der Waals surface area contributed by atoms with Gasteiger partial charge in [-0.2, -0.15) is 0 Å². The number of hydrogen-bond acceptors (Lipinski definition) is 6. The van der Waals surface area contributed by atoms with E-state index in [0.29, 0.717) is 12.5 Å². The molecule has 0 bridgehead atoms. The van der Waals surface area contributed by atoms with Crippen LogP contribution in [0.5, 0.6) is 5.88 Å². The first-order chi connectivity index (χ1) is 8.28. The predicted molar refractivity (Wildman–Crippen MR) is 63.9 cm³/mol. The molecule has 2 rings (SSSR count). The quantitative estimate of drug-likeness (QED) is 0.745. The Morgan fingerprint density at radius 2 is 2.47 bits per heavy atom. The average Bonchev–Trinajstić information content (AvgIpc) is 2.76. The Morgan fingerprint density at radius 3 is 3.06 bits per heavy atom. The highest BCUT2D eigenvalue weighted by atomic mass is 16.5. The third-order valence-corrected chi connectivity index (χ3v) is 2.45. The predicted octanol–water partition coefficient (Wildman–Crippen LogP) is -0.107. The van der Waals surface area contributed by atoms with Gasteiger partial charge in [0, 0.05) is 25.4 Å². The number of nitrogens with one attached hydrogen (secondary N) is 1. The van der Waals surface area contributed by atoms with Gasteiger partial charge in [-0.05, 0) is 5.56 Å². The van der Waals surface area contributed by atoms with E-state index < -0.39 is 0 Å². The molecule has 0 amide bonds. The molecule has 0 fully saturated rings. The minimum absolute atomic E-state index is 0.112. The Bertz CT molecular complexity index is 391. The second-order valence-electron chi connectivity index (χ2n) is 3.77. The fourth-order valence-electron chi connectivity index (χ4n) is 1.56. The number of hydrogen-bond donors (Lipinski definition) is 2. The number of aliphatic imine (C=N–C) groups is 1. The number of nitrogens with zero attached hydrogens (tertiary/aromatic N) is 2. The highest BCUT2D eigenvalue weighted by molar-refractivity contribution is 5.73. The zero-order chi connectivity index (χ0) is 12.1. The van der Waals surface area contributed by atoms with E-state index in [1.54, 1.807) is 13.3 Å². The van der Waals surface area contributed by atoms with Crippen LogP contribution in [0.15, 0.2) is 23.3 Å². The van der Waals surface area contributed by atoms with Gasteiger partial charge in [-0.3, -0.25) is 0 Å². The van der Waals surface area contributed by atoms with Gasteiger partial charge in [0.2, 0.25) is 5.88 Å². The highest BCUT2D eigenvalue weighted by Gasteiger charge is 2.15. The first-order valence-corrected chi connectivity index (χ1v) is 5.43. The van der Waals surface area contributed by atoms with Gasteiger partial charge in [0.15, 0.2) is 0 Å². The van der Waals surface area contributed by atoms with Crippen LogP contribution >= 0.6 is 0 Å². The van der Waals surface area contributed by atoms with E-state index in [1.807, 2.05) is 12.1 Å². The first-order valence-electron chi connectivity index (χ1n) is 5.43. The maximum Gasteiger partial charge on any atom is 0.282 e. The van der Waals surface area contributed by atoms with Crippen molar-refractivity contribution in [3.05, 3.63) is 23.9 Å². The molecule has 0 spiro atoms. The van der Waals surface area contributed by atoms with E-state index in [-0.39, 0.29) is 12.1 Å². The molecule has 2 heterocycles. The summed E-state index contributed by atoms with van der Waals surface area (Å²) in [6, 6.07) is 4.21. The van der Waals surface area contributed by atoms with E-state index in [9.17, 15) is 0 Å². The summed E-state index contributed by atoms with van der Waals surface area (Å²) in [5, 5.41) is 3.28. The van der Waals surface area contributed by atoms with Crippen LogP contribution in [-0.2, 0) is 11.3 Å². The molecule has 17 heavy (non-hydrogen) atoms. The van der Waals surface area contributed by atoms with Crippen molar-refractivity contribution in [3.63, 3.8) is 0 Å². The first kappa shape index (κ1) is 11.7. The molecule has 1 aromatic rings. The van der Waals surface area contributed by atoms with E-state index >= 15 is 0 Å². The number of amidine groups is 1. The molecular formula is C11H16N4O2. The topological polar surface area (TPSA) is 81.8 Å². The monoisotopic (exact) mass is 236 g/mol. The fourth-order valence-corrected chi connectivity index (χ4v) is 1.56. The van der Waals surface area contributed by atoms with Crippen molar-refractivity contribution in [2.75, 3.05) is 20.3 Å². The maximum atomic E-state index is 5.42. The zero-order valence-electron chi connectivity index (χ0n) is 9.72. The van der Waals surface area contributed by atoms with Gasteiger partial charge in [0.25, 0.3) is 6.02 Å². The van der Waals surface area contributed by atoms with Crippen molar-refractivity contribution in [1.82, 2.24) is 10.3 Å². The lowest BCUT2D eigenvalue weighted by Crippen LogP contribution is -2.26. The summed E-state index contributed by atoms with van der Waals surface area (Å²) < 4.78 is 10.0. The van der Waals surface area contributed by atoms with Crippen molar-refractivity contribution in [2.24, 2.45) is 10.7 Å². The fraction of sp³-hybridized carbons (Fsp3) is 0.455. The number of rotatable bonds is 5. The SMILES string of the molecule is COc1ccc(CNC[C@H]2COC(N)=N2)cn1. The Hall–Kier alpha value is -1.82. The molecule has 6 heteroatoms. The second-order valence-corrected chi connectivity index (χ2v) is 3.77. The maximum absolute atomic E-state index is 5.42. The van der Waals surface area contributed by atoms with Crippen LogP contribution in [0.3, 0.4) is 0 Å². The standard InChI is InChI=1S/C11H16N4O2/c1-16-10-3-2-8(5-14-10)4-13-6-9-7-17-11(12)15-9/h2-3,5,9,13H,4,6-7H2,1H3,(H2,12,15)/t9-/m0/s1. The van der Waals surface area contributed by atoms with E-state index in [0.717, 1.165) is 18.7 Å². The highest BCUT2D eigenvalue weighted by Crippen LogP contribution is 2.06. The van der Waals surface area contributed by atoms with E-state index in [1.165, 1.54) is 0 Å². The third-order valence-electron chi connectivity index (χ3n) is 2.45. The molecule has 3 N–H and O–H groups in total. The Morgan fingerprint density at radius 1 is 1.59 bits per heavy atom. The number of pyridine rings is 1. The van der Waals surface area contributed by atoms with Crippen molar-refractivity contribution >= 4 is 6.02 Å². The number of nitrogens with two attached hydrogens (primary N) is 1. The number of aromatic nitrogens is 1. The average molecular weight is 236 g/mol. The van der Waals surface area contributed by atoms with Crippen LogP contribution in [0.25, 0.3) is 0 Å². The molecule has 1 aromatic heterocycles. The minimum atomic E-state index is 0.112. The van der Waals surface area contributed by atoms with Gasteiger partial charge in [-0.15, -0.1) is 0 Å². The smallest absolute Gasteiger partial charge is 0.282 e. The summed E-state index contributed by atoms with van der Waals surface area (Å²) in [6.45, 7) is 2.04. The van der Waals surface area contributed by atoms with Gasteiger partial charge in [-0.25, -0.2) is 9.98 Å². The molecule has 0 unspecified atom stereocenters. The molecular weight excluding hydrogens is 220 g/mol. The van der Waals surface area contributed by atoms with Crippen LogP contribution in [-0.4, -0.2) is 37.3 Å². The number of methoxy groups -OCH3 is 1. The molecule has 0 saturated carbocycles. The largest absolute Gasteiger partial charge is 0.481 e. The van der Waals surface area contributed by atoms with Gasteiger partial charge in [-0.1, -0.05) is 6.07 Å². The lowest BCUT2D eigenvalue weighted by Gasteiger charge is -2.07. The van der Waals surface area contributed by atoms with E-state index in [2.05, 4.69) is 15.3 Å². The molecule has 0 aromatic carbocycles. The Kier molecular flexibility index (Phi) is 3.77. The van der Waals surface area contributed by atoms with Gasteiger partial charge >= 0.3 is 0 Å². The van der Waals surface area contributed by atoms with Crippen molar-refractivity contribution in [3.8, 4) is 5.88 Å². The second kappa shape index (κ2) is 5.49. The lowest BCUT2D eigenvalue weighted by atomic mass is 10.2. The molecule has 0 saturated heterocycles. The molecule has 1 aliphatic rings. The van der Waals surface area contributed by atoms with Gasteiger partial charge < -0.3 is 20.5 Å². The zero-order valence-corrected chi connectivity index (χ0v) is 9.72. The Labute approximate surface area is 99.8 Å². The third kappa shape index (κ3) is 3.32. The molecule has 1 atom stereocenters. The Balaban J connectivity index is 1.74. The van der Waals surface area contributed by atoms with Crippen molar-refractivity contribution in [2.45, 2.75) is 12.6 Å². The summed E-state index contributed by atoms with van der Waals surface area (Å²) in [7, 11) is 1.60. The van der Waals surface area contributed by atoms with E-state index in [4.69, 9.17) is 15.2 Å². The summed E-state index contributed by atoms with van der Waals surface area (Å²) in [5.41, 5.74) is 6.51. The minimum Gasteiger partial charge on any atom is -0.481 e. The van der Waals surface area contributed by atoms with Crippen LogP contribution in [0, 0.1) is 0 Å². The van der Waals surface area contributed by atoms with Crippen molar-refractivity contribution < 1.29 is 9.47 Å². The lowest BCUT2D eigenvalue weighted by molar-refractivity contribution is 0.309. The van der Waals surface area contributed by atoms with Crippen LogP contribution in [0.1, 0.15) is 5.56 Å². The molecule has 0 aliphatic carbocycles. The summed E-state index contributed by atoms with van der Waals surface area (Å²) in [4.78, 5) is 8.25. The van der Waals surface area contributed by atoms with Crippen molar-refractivity contribution in [1.29, 1.82) is 0 Å². The molecule has 6 nitrogen and oxygen atoms in total. The summed E-state index contributed by atoms with van der Waals surface area (Å²) in [5.74, 6) is 0.621. The summed E-state index contributed by atoms with van der Waals surface area (Å²) >= 11 is 0. The van der Waals surface area contributed by atoms with Gasteiger partial charge in [0.1, 0.15) is 12.6 Å².